The molecule has 0 unspecified atom stereocenters. The first-order valence-electron chi connectivity index (χ1n) is 14.3. The maximum absolute atomic E-state index is 14.1. The molecule has 4 bridgehead atoms. The lowest BCUT2D eigenvalue weighted by molar-refractivity contribution is -0.159. The fourth-order valence-corrected chi connectivity index (χ4v) is 7.82. The Hall–Kier alpha value is -3.74. The van der Waals surface area contributed by atoms with Gasteiger partial charge in [0.25, 0.3) is 0 Å². The number of carbonyl (C=O) groups is 2. The van der Waals surface area contributed by atoms with Crippen LogP contribution in [0.25, 0.3) is 11.0 Å². The molecule has 0 atom stereocenters. The first kappa shape index (κ1) is 26.5. The van der Waals surface area contributed by atoms with E-state index < -0.39 is 0 Å². The Bertz CT molecular complexity index is 1460. The molecule has 0 saturated heterocycles. The average Bonchev–Trinajstić information content (AvgIpc) is 2.94. The van der Waals surface area contributed by atoms with E-state index in [2.05, 4.69) is 6.58 Å². The molecular weight excluding hydrogens is 507 g/mol. The van der Waals surface area contributed by atoms with E-state index in [1.165, 1.54) is 37.7 Å². The molecule has 0 radical (unpaired) electrons. The predicted octanol–water partition coefficient (Wildman–Crippen LogP) is 5.69. The van der Waals surface area contributed by atoms with Crippen LogP contribution in [0.3, 0.4) is 0 Å². The predicted molar refractivity (Wildman–Crippen MR) is 151 cm³/mol. The minimum atomic E-state index is -0.376. The summed E-state index contributed by atoms with van der Waals surface area (Å²) in [5.74, 6) is 1.24. The molecule has 0 spiro atoms. The van der Waals surface area contributed by atoms with Crippen molar-refractivity contribution < 1.29 is 18.4 Å². The number of hydrogen-bond acceptors (Lipinski definition) is 4. The number of hydrogen-bond donors (Lipinski definition) is 0. The van der Waals surface area contributed by atoms with Gasteiger partial charge in [0, 0.05) is 13.1 Å². The second kappa shape index (κ2) is 10.7. The molecule has 3 aromatic rings. The van der Waals surface area contributed by atoms with Crippen molar-refractivity contribution >= 4 is 22.8 Å². The molecule has 7 heteroatoms. The standard InChI is InChI=1S/C33H35FN2O4/c1-2-11-35(32(39)33-15-23-12-24(16-33)14-25(13-23)17-33)20-30(37)36(18-22-7-9-27(34)10-8-22)19-26-21-40-29-6-4-3-5-28(29)31(26)38/h2-10,21,23-25H,1,11-20H2. The molecule has 2 amide bonds. The SMILES string of the molecule is C=CCN(CC(=O)N(Cc1ccc(F)cc1)Cc1coc2ccccc2c1=O)C(=O)C12CC3CC(CC(C3)C1)C2. The molecule has 4 aliphatic rings. The Balaban J connectivity index is 1.27. The van der Waals surface area contributed by atoms with E-state index in [4.69, 9.17) is 4.42 Å². The van der Waals surface area contributed by atoms with Crippen LogP contribution >= 0.6 is 0 Å². The zero-order valence-electron chi connectivity index (χ0n) is 22.7. The lowest BCUT2D eigenvalue weighted by Gasteiger charge is -2.56. The van der Waals surface area contributed by atoms with E-state index in [0.717, 1.165) is 24.8 Å². The number of carbonyl (C=O) groups excluding carboxylic acids is 2. The Kier molecular flexibility index (Phi) is 7.07. The molecule has 4 fully saturated rings. The molecular formula is C33H35FN2O4. The van der Waals surface area contributed by atoms with Gasteiger partial charge in [0.15, 0.2) is 5.43 Å². The lowest BCUT2D eigenvalue weighted by Crippen LogP contribution is -2.56. The zero-order valence-corrected chi connectivity index (χ0v) is 22.7. The first-order chi connectivity index (χ1) is 19.3. The Morgan fingerprint density at radius 2 is 1.60 bits per heavy atom. The average molecular weight is 543 g/mol. The van der Waals surface area contributed by atoms with Gasteiger partial charge in [-0.1, -0.05) is 30.3 Å². The summed E-state index contributed by atoms with van der Waals surface area (Å²) in [6.07, 6.45) is 9.50. The fraction of sp³-hybridized carbons (Fsp3) is 0.424. The van der Waals surface area contributed by atoms with Gasteiger partial charge in [0.05, 0.1) is 29.2 Å². The molecule has 7 rings (SSSR count). The largest absolute Gasteiger partial charge is 0.464 e. The molecule has 6 nitrogen and oxygen atoms in total. The van der Waals surface area contributed by atoms with Crippen molar-refractivity contribution in [2.24, 2.45) is 23.2 Å². The van der Waals surface area contributed by atoms with Crippen LogP contribution < -0.4 is 5.43 Å². The summed E-state index contributed by atoms with van der Waals surface area (Å²) in [5.41, 5.74) is 0.968. The Morgan fingerprint density at radius 1 is 0.950 bits per heavy atom. The number of rotatable bonds is 9. The van der Waals surface area contributed by atoms with E-state index in [0.29, 0.717) is 34.3 Å². The molecule has 2 aromatic carbocycles. The van der Waals surface area contributed by atoms with Crippen molar-refractivity contribution in [3.63, 3.8) is 0 Å². The highest BCUT2D eigenvalue weighted by Gasteiger charge is 2.55. The van der Waals surface area contributed by atoms with Gasteiger partial charge in [-0.3, -0.25) is 14.4 Å². The van der Waals surface area contributed by atoms with Gasteiger partial charge in [0.1, 0.15) is 17.9 Å². The highest BCUT2D eigenvalue weighted by molar-refractivity contribution is 5.88. The summed E-state index contributed by atoms with van der Waals surface area (Å²) in [7, 11) is 0. The lowest BCUT2D eigenvalue weighted by atomic mass is 9.49. The van der Waals surface area contributed by atoms with Crippen LogP contribution in [0.5, 0.6) is 0 Å². The molecule has 0 N–H and O–H groups in total. The maximum atomic E-state index is 14.1. The minimum Gasteiger partial charge on any atom is -0.464 e. The topological polar surface area (TPSA) is 70.8 Å². The molecule has 40 heavy (non-hydrogen) atoms. The fourth-order valence-electron chi connectivity index (χ4n) is 7.82. The van der Waals surface area contributed by atoms with Gasteiger partial charge in [-0.05, 0) is 86.1 Å². The molecule has 1 heterocycles. The summed E-state index contributed by atoms with van der Waals surface area (Å²) >= 11 is 0. The molecule has 4 saturated carbocycles. The number of fused-ring (bicyclic) bond motifs is 1. The van der Waals surface area contributed by atoms with Gasteiger partial charge >= 0.3 is 0 Å². The zero-order chi connectivity index (χ0) is 27.9. The Morgan fingerprint density at radius 3 is 2.25 bits per heavy atom. The summed E-state index contributed by atoms with van der Waals surface area (Å²) in [6.45, 7) is 4.22. The second-order valence-electron chi connectivity index (χ2n) is 12.1. The van der Waals surface area contributed by atoms with Crippen LogP contribution in [0, 0.1) is 29.0 Å². The first-order valence-corrected chi connectivity index (χ1v) is 14.3. The molecule has 1 aromatic heterocycles. The molecule has 208 valence electrons. The van der Waals surface area contributed by atoms with Gasteiger partial charge in [-0.15, -0.1) is 6.58 Å². The second-order valence-corrected chi connectivity index (χ2v) is 12.1. The van der Waals surface area contributed by atoms with Crippen molar-refractivity contribution in [2.45, 2.75) is 51.6 Å². The molecule has 4 aliphatic carbocycles. The van der Waals surface area contributed by atoms with E-state index in [1.54, 1.807) is 52.3 Å². The third-order valence-electron chi connectivity index (χ3n) is 9.21. The van der Waals surface area contributed by atoms with Crippen LogP contribution in [0.2, 0.25) is 0 Å². The number of halogens is 1. The maximum Gasteiger partial charge on any atom is 0.242 e. The number of amides is 2. The van der Waals surface area contributed by atoms with E-state index in [-0.39, 0.29) is 54.7 Å². The third kappa shape index (κ3) is 5.09. The van der Waals surface area contributed by atoms with Gasteiger partial charge in [-0.2, -0.15) is 0 Å². The summed E-state index contributed by atoms with van der Waals surface area (Å²) in [6, 6.07) is 12.9. The quantitative estimate of drug-likeness (QED) is 0.326. The van der Waals surface area contributed by atoms with Crippen molar-refractivity contribution in [3.8, 4) is 0 Å². The van der Waals surface area contributed by atoms with Crippen LogP contribution in [0.15, 0.2) is 76.7 Å². The van der Waals surface area contributed by atoms with Gasteiger partial charge < -0.3 is 14.2 Å². The summed E-state index contributed by atoms with van der Waals surface area (Å²) < 4.78 is 19.3. The van der Waals surface area contributed by atoms with Crippen molar-refractivity contribution in [1.82, 2.24) is 9.80 Å². The number of benzene rings is 2. The molecule has 0 aliphatic heterocycles. The normalized spacial score (nSPS) is 24.7. The van der Waals surface area contributed by atoms with Crippen LogP contribution in [-0.2, 0) is 22.7 Å². The van der Waals surface area contributed by atoms with E-state index in [1.807, 2.05) is 0 Å². The highest BCUT2D eigenvalue weighted by Crippen LogP contribution is 2.60. The van der Waals surface area contributed by atoms with Gasteiger partial charge in [-0.25, -0.2) is 4.39 Å². The number of nitrogens with zero attached hydrogens (tertiary/aromatic N) is 2. The van der Waals surface area contributed by atoms with E-state index >= 15 is 0 Å². The van der Waals surface area contributed by atoms with Crippen molar-refractivity contribution in [2.75, 3.05) is 13.1 Å². The summed E-state index contributed by atoms with van der Waals surface area (Å²) in [5, 5.41) is 0.444. The Labute approximate surface area is 233 Å². The van der Waals surface area contributed by atoms with Crippen molar-refractivity contribution in [3.05, 3.63) is 94.6 Å². The monoisotopic (exact) mass is 542 g/mol. The van der Waals surface area contributed by atoms with Crippen molar-refractivity contribution in [1.29, 1.82) is 0 Å². The van der Waals surface area contributed by atoms with E-state index in [9.17, 15) is 18.8 Å². The van der Waals surface area contributed by atoms with Crippen LogP contribution in [0.4, 0.5) is 4.39 Å². The van der Waals surface area contributed by atoms with Crippen LogP contribution in [-0.4, -0.2) is 34.7 Å². The highest BCUT2D eigenvalue weighted by atomic mass is 19.1. The minimum absolute atomic E-state index is 0.0108. The van der Waals surface area contributed by atoms with Gasteiger partial charge in [0.2, 0.25) is 11.8 Å². The number of para-hydroxylation sites is 1. The smallest absolute Gasteiger partial charge is 0.242 e. The summed E-state index contributed by atoms with van der Waals surface area (Å²) in [4.78, 5) is 44.5. The third-order valence-corrected chi connectivity index (χ3v) is 9.21. The van der Waals surface area contributed by atoms with Crippen LogP contribution in [0.1, 0.15) is 49.7 Å².